The molecular weight excluding hydrogens is 297 g/mol. The molecule has 0 spiro atoms. The van der Waals surface area contributed by atoms with Crippen LogP contribution in [0, 0.1) is 5.82 Å². The Labute approximate surface area is 141 Å². The average Bonchev–Trinajstić information content (AvgIpc) is 3.04. The van der Waals surface area contributed by atoms with Crippen LogP contribution in [-0.2, 0) is 12.8 Å². The van der Waals surface area contributed by atoms with Crippen LogP contribution in [0.25, 0.3) is 11.1 Å². The lowest BCUT2D eigenvalue weighted by atomic mass is 9.82. The van der Waals surface area contributed by atoms with Gasteiger partial charge in [-0.2, -0.15) is 0 Å². The second-order valence-electron chi connectivity index (χ2n) is 6.83. The molecule has 0 radical (unpaired) electrons. The van der Waals surface area contributed by atoms with Crippen molar-refractivity contribution in [2.24, 2.45) is 0 Å². The van der Waals surface area contributed by atoms with Gasteiger partial charge in [-0.1, -0.05) is 48.5 Å². The fourth-order valence-electron chi connectivity index (χ4n) is 4.50. The second kappa shape index (κ2) is 5.29. The zero-order chi connectivity index (χ0) is 16.1. The number of hydrogen-bond donors (Lipinski definition) is 1. The summed E-state index contributed by atoms with van der Waals surface area (Å²) in [5.74, 6) is -0.121. The molecule has 3 aromatic rings. The van der Waals surface area contributed by atoms with Gasteiger partial charge in [0, 0.05) is 30.0 Å². The Morgan fingerprint density at radius 1 is 0.833 bits per heavy atom. The number of rotatable bonds is 1. The van der Waals surface area contributed by atoms with E-state index in [2.05, 4.69) is 48.5 Å². The summed E-state index contributed by atoms with van der Waals surface area (Å²) in [4.78, 5) is 1.48. The Hall–Kier alpha value is -2.45. The molecule has 2 unspecified atom stereocenters. The predicted octanol–water partition coefficient (Wildman–Crippen LogP) is 3.86. The molecule has 0 amide bonds. The molecule has 1 heterocycles. The topological polar surface area (TPSA) is 4.44 Å². The maximum Gasteiger partial charge on any atom is 0.135 e. The van der Waals surface area contributed by atoms with Crippen LogP contribution in [0.15, 0.2) is 66.7 Å². The molecule has 1 N–H and O–H groups in total. The number of benzene rings is 3. The van der Waals surface area contributed by atoms with Gasteiger partial charge in [-0.05, 0) is 28.8 Å². The van der Waals surface area contributed by atoms with E-state index in [-0.39, 0.29) is 5.82 Å². The highest BCUT2D eigenvalue weighted by atomic mass is 19.1. The van der Waals surface area contributed by atoms with E-state index in [4.69, 9.17) is 0 Å². The zero-order valence-electron chi connectivity index (χ0n) is 13.4. The zero-order valence-corrected chi connectivity index (χ0v) is 13.4. The van der Waals surface area contributed by atoms with E-state index in [1.54, 1.807) is 12.1 Å². The summed E-state index contributed by atoms with van der Waals surface area (Å²) in [6, 6.07) is 23.2. The van der Waals surface area contributed by atoms with Crippen molar-refractivity contribution in [3.05, 3.63) is 89.2 Å². The minimum atomic E-state index is -0.121. The van der Waals surface area contributed by atoms with Crippen LogP contribution in [0.3, 0.4) is 0 Å². The van der Waals surface area contributed by atoms with E-state index in [9.17, 15) is 4.39 Å². The SMILES string of the molecule is Fc1ccc2c(c1)CC[NH+]2C1Cc2ccccc2-c2ccccc21. The molecule has 2 atom stereocenters. The third-order valence-electron chi connectivity index (χ3n) is 5.57. The van der Waals surface area contributed by atoms with E-state index in [0.29, 0.717) is 6.04 Å². The summed E-state index contributed by atoms with van der Waals surface area (Å²) in [5, 5.41) is 0. The molecule has 5 rings (SSSR count). The standard InChI is InChI=1S/C22H18FN/c23-17-9-10-21-16(13-17)11-12-24(21)22-14-15-5-1-2-6-18(15)19-7-3-4-8-20(19)22/h1-10,13,22H,11-12,14H2/p+1. The van der Waals surface area contributed by atoms with Crippen molar-refractivity contribution >= 4 is 5.69 Å². The minimum Gasteiger partial charge on any atom is -0.295 e. The fourth-order valence-corrected chi connectivity index (χ4v) is 4.50. The van der Waals surface area contributed by atoms with Gasteiger partial charge in [-0.25, -0.2) is 4.39 Å². The monoisotopic (exact) mass is 316 g/mol. The number of quaternary nitrogens is 1. The molecule has 0 aromatic heterocycles. The third kappa shape index (κ3) is 2.03. The molecule has 2 heteroatoms. The van der Waals surface area contributed by atoms with Gasteiger partial charge in [-0.15, -0.1) is 0 Å². The van der Waals surface area contributed by atoms with Crippen molar-refractivity contribution in [2.75, 3.05) is 6.54 Å². The van der Waals surface area contributed by atoms with Gasteiger partial charge in [0.2, 0.25) is 0 Å². The maximum atomic E-state index is 13.6. The lowest BCUT2D eigenvalue weighted by molar-refractivity contribution is -0.861. The van der Waals surface area contributed by atoms with Crippen molar-refractivity contribution in [1.29, 1.82) is 0 Å². The molecule has 0 bridgehead atoms. The van der Waals surface area contributed by atoms with Crippen LogP contribution >= 0.6 is 0 Å². The predicted molar refractivity (Wildman–Crippen MR) is 93.9 cm³/mol. The molecule has 3 aromatic carbocycles. The Bertz CT molecular complexity index is 931. The van der Waals surface area contributed by atoms with Gasteiger partial charge >= 0.3 is 0 Å². The fraction of sp³-hybridized carbons (Fsp3) is 0.182. The third-order valence-corrected chi connectivity index (χ3v) is 5.57. The Morgan fingerprint density at radius 2 is 1.62 bits per heavy atom. The van der Waals surface area contributed by atoms with Gasteiger partial charge < -0.3 is 0 Å². The summed E-state index contributed by atoms with van der Waals surface area (Å²) in [6.45, 7) is 1.04. The van der Waals surface area contributed by atoms with Crippen molar-refractivity contribution in [1.82, 2.24) is 0 Å². The molecule has 2 aliphatic rings. The smallest absolute Gasteiger partial charge is 0.135 e. The van der Waals surface area contributed by atoms with Crippen LogP contribution < -0.4 is 4.90 Å². The summed E-state index contributed by atoms with van der Waals surface area (Å²) in [5.41, 5.74) is 8.00. The van der Waals surface area contributed by atoms with Gasteiger partial charge in [0.05, 0.1) is 6.54 Å². The van der Waals surface area contributed by atoms with E-state index in [1.807, 2.05) is 6.07 Å². The molecule has 0 fully saturated rings. The van der Waals surface area contributed by atoms with Gasteiger partial charge in [0.15, 0.2) is 0 Å². The highest BCUT2D eigenvalue weighted by Crippen LogP contribution is 2.38. The second-order valence-corrected chi connectivity index (χ2v) is 6.83. The maximum absolute atomic E-state index is 13.6. The molecule has 118 valence electrons. The Balaban J connectivity index is 1.64. The first-order valence-electron chi connectivity index (χ1n) is 8.63. The summed E-state index contributed by atoms with van der Waals surface area (Å²) >= 11 is 0. The van der Waals surface area contributed by atoms with Crippen molar-refractivity contribution in [3.63, 3.8) is 0 Å². The molecule has 0 saturated heterocycles. The molecule has 1 nitrogen and oxygen atoms in total. The van der Waals surface area contributed by atoms with Gasteiger partial charge in [0.1, 0.15) is 17.5 Å². The summed E-state index contributed by atoms with van der Waals surface area (Å²) in [7, 11) is 0. The lowest BCUT2D eigenvalue weighted by Crippen LogP contribution is -3.06. The lowest BCUT2D eigenvalue weighted by Gasteiger charge is -2.32. The van der Waals surface area contributed by atoms with Crippen LogP contribution in [0.4, 0.5) is 10.1 Å². The van der Waals surface area contributed by atoms with Crippen LogP contribution in [0.2, 0.25) is 0 Å². The minimum absolute atomic E-state index is 0.121. The van der Waals surface area contributed by atoms with Crippen molar-refractivity contribution in [3.8, 4) is 11.1 Å². The molecule has 1 aliphatic heterocycles. The van der Waals surface area contributed by atoms with Gasteiger partial charge in [-0.3, -0.25) is 4.90 Å². The first-order chi connectivity index (χ1) is 11.8. The molecule has 1 aliphatic carbocycles. The summed E-state index contributed by atoms with van der Waals surface area (Å²) in [6.07, 6.45) is 2.00. The normalized spacial score (nSPS) is 21.0. The largest absolute Gasteiger partial charge is 0.295 e. The van der Waals surface area contributed by atoms with Crippen LogP contribution in [-0.4, -0.2) is 6.54 Å². The number of halogens is 1. The molecule has 0 saturated carbocycles. The molecular formula is C22H19FN+. The van der Waals surface area contributed by atoms with E-state index >= 15 is 0 Å². The number of fused-ring (bicyclic) bond motifs is 4. The number of nitrogens with one attached hydrogen (secondary N) is 1. The average molecular weight is 316 g/mol. The van der Waals surface area contributed by atoms with Gasteiger partial charge in [0.25, 0.3) is 0 Å². The molecule has 24 heavy (non-hydrogen) atoms. The van der Waals surface area contributed by atoms with E-state index in [1.165, 1.54) is 38.4 Å². The van der Waals surface area contributed by atoms with Crippen molar-refractivity contribution < 1.29 is 9.29 Å². The van der Waals surface area contributed by atoms with E-state index in [0.717, 1.165) is 19.4 Å². The van der Waals surface area contributed by atoms with Crippen molar-refractivity contribution in [2.45, 2.75) is 18.9 Å². The van der Waals surface area contributed by atoms with Crippen LogP contribution in [0.5, 0.6) is 0 Å². The highest BCUT2D eigenvalue weighted by molar-refractivity contribution is 5.73. The highest BCUT2D eigenvalue weighted by Gasteiger charge is 2.36. The van der Waals surface area contributed by atoms with Crippen LogP contribution in [0.1, 0.15) is 22.7 Å². The Kier molecular flexibility index (Phi) is 3.07. The van der Waals surface area contributed by atoms with E-state index < -0.39 is 0 Å². The number of hydrogen-bond acceptors (Lipinski definition) is 0. The summed E-state index contributed by atoms with van der Waals surface area (Å²) < 4.78 is 13.6. The first kappa shape index (κ1) is 13.9. The quantitative estimate of drug-likeness (QED) is 0.695. The Morgan fingerprint density at radius 3 is 2.54 bits per heavy atom. The first-order valence-corrected chi connectivity index (χ1v) is 8.63.